The Balaban J connectivity index is 2.25. The van der Waals surface area contributed by atoms with E-state index in [0.717, 1.165) is 5.56 Å². The number of rotatable bonds is 1. The van der Waals surface area contributed by atoms with Crippen molar-refractivity contribution in [1.29, 1.82) is 0 Å². The van der Waals surface area contributed by atoms with Crippen LogP contribution in [0.1, 0.15) is 50.0 Å². The van der Waals surface area contributed by atoms with E-state index in [0.29, 0.717) is 29.2 Å². The zero-order valence-corrected chi connectivity index (χ0v) is 13.1. The average molecular weight is 288 g/mol. The van der Waals surface area contributed by atoms with Gasteiger partial charge in [0.1, 0.15) is 34.0 Å². The highest BCUT2D eigenvalue weighted by Gasteiger charge is 2.38. The van der Waals surface area contributed by atoms with Gasteiger partial charge in [0, 0.05) is 6.07 Å². The minimum Gasteiger partial charge on any atom is -0.496 e. The molecule has 112 valence electrons. The van der Waals surface area contributed by atoms with Crippen LogP contribution >= 0.6 is 0 Å². The maximum Gasteiger partial charge on any atom is 0.174 e. The first kappa shape index (κ1) is 14.0. The molecule has 0 aromatic heterocycles. The molecule has 1 aromatic rings. The molecule has 0 bridgehead atoms. The van der Waals surface area contributed by atoms with Gasteiger partial charge in [0.15, 0.2) is 5.78 Å². The van der Waals surface area contributed by atoms with Gasteiger partial charge in [-0.05, 0) is 39.8 Å². The number of carbonyl (C=O) groups excluding carboxylic acids is 1. The maximum atomic E-state index is 12.5. The molecule has 3 rings (SSSR count). The predicted molar refractivity (Wildman–Crippen MR) is 80.4 cm³/mol. The van der Waals surface area contributed by atoms with Crippen LogP contribution in [0.15, 0.2) is 12.1 Å². The Kier molecular flexibility index (Phi) is 2.84. The zero-order valence-electron chi connectivity index (χ0n) is 13.1. The Hall–Kier alpha value is -1.97. The Morgan fingerprint density at radius 2 is 1.90 bits per heavy atom. The quantitative estimate of drug-likeness (QED) is 0.791. The summed E-state index contributed by atoms with van der Waals surface area (Å²) in [6, 6.07) is 1.78. The summed E-state index contributed by atoms with van der Waals surface area (Å²) < 4.78 is 17.4. The molecule has 0 saturated heterocycles. The summed E-state index contributed by atoms with van der Waals surface area (Å²) in [7, 11) is 1.55. The normalized spacial score (nSPS) is 20.9. The molecular formula is C17H20O4. The van der Waals surface area contributed by atoms with E-state index in [4.69, 9.17) is 14.2 Å². The number of methoxy groups -OCH3 is 1. The summed E-state index contributed by atoms with van der Waals surface area (Å²) in [5.41, 5.74) is 0.417. The van der Waals surface area contributed by atoms with E-state index in [9.17, 15) is 4.79 Å². The molecule has 1 aromatic carbocycles. The lowest BCUT2D eigenvalue weighted by atomic mass is 9.89. The highest BCUT2D eigenvalue weighted by Crippen LogP contribution is 2.48. The van der Waals surface area contributed by atoms with Gasteiger partial charge in [0.2, 0.25) is 0 Å². The monoisotopic (exact) mass is 288 g/mol. The van der Waals surface area contributed by atoms with Crippen molar-refractivity contribution < 1.29 is 19.0 Å². The molecule has 0 amide bonds. The van der Waals surface area contributed by atoms with Gasteiger partial charge < -0.3 is 14.2 Å². The largest absolute Gasteiger partial charge is 0.496 e. The third-order valence-corrected chi connectivity index (χ3v) is 3.73. The summed E-state index contributed by atoms with van der Waals surface area (Å²) in [5.74, 6) is 1.80. The fourth-order valence-corrected chi connectivity index (χ4v) is 2.79. The molecule has 2 heterocycles. The molecular weight excluding hydrogens is 268 g/mol. The molecule has 2 aliphatic rings. The minimum absolute atomic E-state index is 0.0409. The summed E-state index contributed by atoms with van der Waals surface area (Å²) in [6.45, 7) is 7.79. The van der Waals surface area contributed by atoms with Crippen LogP contribution in [0.2, 0.25) is 0 Å². The summed E-state index contributed by atoms with van der Waals surface area (Å²) in [6.07, 6.45) is 4.27. The number of ether oxygens (including phenoxy) is 3. The molecule has 0 unspecified atom stereocenters. The van der Waals surface area contributed by atoms with Crippen LogP contribution in [0.4, 0.5) is 0 Å². The highest BCUT2D eigenvalue weighted by atomic mass is 16.5. The molecule has 4 heteroatoms. The van der Waals surface area contributed by atoms with Gasteiger partial charge in [-0.25, -0.2) is 0 Å². The predicted octanol–water partition coefficient (Wildman–Crippen LogP) is 3.62. The van der Waals surface area contributed by atoms with E-state index in [-0.39, 0.29) is 11.4 Å². The highest BCUT2D eigenvalue weighted by molar-refractivity contribution is 6.04. The summed E-state index contributed by atoms with van der Waals surface area (Å²) in [5, 5.41) is 0. The number of hydrogen-bond donors (Lipinski definition) is 0. The number of fused-ring (bicyclic) bond motifs is 3. The molecule has 0 atom stereocenters. The zero-order chi connectivity index (χ0) is 15.4. The van der Waals surface area contributed by atoms with Crippen LogP contribution < -0.4 is 14.2 Å². The Bertz CT molecular complexity index is 653. The van der Waals surface area contributed by atoms with Gasteiger partial charge in [0.05, 0.1) is 19.1 Å². The SMILES string of the molecule is COc1cc2c(c3c1C(=O)CC(C)(C)O3)C=CC(C)(C)O2. The number of carbonyl (C=O) groups is 1. The Labute approximate surface area is 124 Å². The van der Waals surface area contributed by atoms with E-state index in [1.54, 1.807) is 13.2 Å². The van der Waals surface area contributed by atoms with Gasteiger partial charge >= 0.3 is 0 Å². The van der Waals surface area contributed by atoms with Crippen molar-refractivity contribution in [2.45, 2.75) is 45.3 Å². The van der Waals surface area contributed by atoms with Crippen LogP contribution in [-0.4, -0.2) is 24.1 Å². The van der Waals surface area contributed by atoms with E-state index >= 15 is 0 Å². The summed E-state index contributed by atoms with van der Waals surface area (Å²) in [4.78, 5) is 12.5. The van der Waals surface area contributed by atoms with Gasteiger partial charge in [-0.1, -0.05) is 0 Å². The first-order valence-corrected chi connectivity index (χ1v) is 7.08. The first-order chi connectivity index (χ1) is 9.72. The topological polar surface area (TPSA) is 44.8 Å². The second-order valence-electron chi connectivity index (χ2n) is 6.70. The number of Topliss-reactive ketones (excluding diaryl/α,β-unsaturated/α-hetero) is 1. The minimum atomic E-state index is -0.523. The van der Waals surface area contributed by atoms with E-state index in [1.807, 2.05) is 39.8 Å². The van der Waals surface area contributed by atoms with Crippen LogP contribution in [0.3, 0.4) is 0 Å². The lowest BCUT2D eigenvalue weighted by molar-refractivity contribution is 0.0606. The standard InChI is InChI=1S/C17H20O4/c1-16(2)7-6-10-12(20-16)8-13(19-5)14-11(18)9-17(3,4)21-15(10)14/h6-8H,9H2,1-5H3. The number of ketones is 1. The van der Waals surface area contributed by atoms with Gasteiger partial charge in [-0.3, -0.25) is 4.79 Å². The summed E-state index contributed by atoms with van der Waals surface area (Å²) >= 11 is 0. The first-order valence-electron chi connectivity index (χ1n) is 7.08. The second-order valence-corrected chi connectivity index (χ2v) is 6.70. The van der Waals surface area contributed by atoms with Gasteiger partial charge in [-0.15, -0.1) is 0 Å². The Morgan fingerprint density at radius 1 is 1.19 bits per heavy atom. The third-order valence-electron chi connectivity index (χ3n) is 3.73. The van der Waals surface area contributed by atoms with Crippen molar-refractivity contribution in [2.24, 2.45) is 0 Å². The average Bonchev–Trinajstić information content (AvgIpc) is 2.34. The molecule has 0 fully saturated rings. The van der Waals surface area contributed by atoms with Crippen molar-refractivity contribution >= 4 is 11.9 Å². The van der Waals surface area contributed by atoms with Crippen molar-refractivity contribution in [3.63, 3.8) is 0 Å². The molecule has 21 heavy (non-hydrogen) atoms. The lowest BCUT2D eigenvalue weighted by Gasteiger charge is -2.36. The van der Waals surface area contributed by atoms with E-state index < -0.39 is 5.60 Å². The van der Waals surface area contributed by atoms with Gasteiger partial charge in [-0.2, -0.15) is 0 Å². The van der Waals surface area contributed by atoms with Crippen LogP contribution in [0.25, 0.3) is 6.08 Å². The van der Waals surface area contributed by atoms with Crippen LogP contribution in [0.5, 0.6) is 17.2 Å². The number of hydrogen-bond acceptors (Lipinski definition) is 4. The van der Waals surface area contributed by atoms with Crippen molar-refractivity contribution in [3.8, 4) is 17.2 Å². The molecule has 0 aliphatic carbocycles. The third kappa shape index (κ3) is 2.28. The molecule has 4 nitrogen and oxygen atoms in total. The molecule has 2 aliphatic heterocycles. The second kappa shape index (κ2) is 4.26. The van der Waals surface area contributed by atoms with Crippen LogP contribution in [-0.2, 0) is 0 Å². The van der Waals surface area contributed by atoms with Crippen molar-refractivity contribution in [2.75, 3.05) is 7.11 Å². The molecule has 0 radical (unpaired) electrons. The molecule has 0 saturated carbocycles. The van der Waals surface area contributed by atoms with E-state index in [1.165, 1.54) is 0 Å². The fraction of sp³-hybridized carbons (Fsp3) is 0.471. The van der Waals surface area contributed by atoms with Crippen molar-refractivity contribution in [3.05, 3.63) is 23.3 Å². The van der Waals surface area contributed by atoms with E-state index in [2.05, 4.69) is 0 Å². The molecule has 0 N–H and O–H groups in total. The van der Waals surface area contributed by atoms with Crippen LogP contribution in [0, 0.1) is 0 Å². The lowest BCUT2D eigenvalue weighted by Crippen LogP contribution is -2.37. The fourth-order valence-electron chi connectivity index (χ4n) is 2.79. The smallest absolute Gasteiger partial charge is 0.174 e. The van der Waals surface area contributed by atoms with Gasteiger partial charge in [0.25, 0.3) is 0 Å². The Morgan fingerprint density at radius 3 is 2.57 bits per heavy atom. The van der Waals surface area contributed by atoms with Crippen molar-refractivity contribution in [1.82, 2.24) is 0 Å². The maximum absolute atomic E-state index is 12.5. The molecule has 0 spiro atoms. The number of benzene rings is 1.